The molecule has 1 fully saturated rings. The first-order chi connectivity index (χ1) is 7.65. The largest absolute Gasteiger partial charge is 0.370 e. The van der Waals surface area contributed by atoms with Gasteiger partial charge in [-0.3, -0.25) is 0 Å². The molecule has 0 saturated heterocycles. The average Bonchev–Trinajstić information content (AvgIpc) is 2.96. The van der Waals surface area contributed by atoms with Crippen LogP contribution in [0.2, 0.25) is 0 Å². The van der Waals surface area contributed by atoms with Gasteiger partial charge in [0.15, 0.2) is 0 Å². The van der Waals surface area contributed by atoms with E-state index in [4.69, 9.17) is 0 Å². The molecule has 1 aliphatic carbocycles. The van der Waals surface area contributed by atoms with Crippen LogP contribution in [0, 0.1) is 0 Å². The highest BCUT2D eigenvalue weighted by molar-refractivity contribution is 5.49. The molecule has 0 aliphatic heterocycles. The van der Waals surface area contributed by atoms with Crippen LogP contribution in [0.15, 0.2) is 6.07 Å². The molecule has 1 aliphatic rings. The predicted octanol–water partition coefficient (Wildman–Crippen LogP) is 2.44. The number of anilines is 2. The van der Waals surface area contributed by atoms with Crippen molar-refractivity contribution in [2.45, 2.75) is 45.6 Å². The molecule has 4 heteroatoms. The predicted molar refractivity (Wildman–Crippen MR) is 66.8 cm³/mol. The van der Waals surface area contributed by atoms with Gasteiger partial charge in [-0.15, -0.1) is 0 Å². The molecule has 2 N–H and O–H groups in total. The lowest BCUT2D eigenvalue weighted by Crippen LogP contribution is -2.18. The number of hydrogen-bond acceptors (Lipinski definition) is 4. The van der Waals surface area contributed by atoms with Crippen LogP contribution >= 0.6 is 0 Å². The molecule has 0 amide bonds. The van der Waals surface area contributed by atoms with E-state index in [-0.39, 0.29) is 5.54 Å². The van der Waals surface area contributed by atoms with Crippen molar-refractivity contribution in [3.05, 3.63) is 11.9 Å². The Morgan fingerprint density at radius 3 is 2.50 bits per heavy atom. The zero-order valence-corrected chi connectivity index (χ0v) is 10.3. The van der Waals surface area contributed by atoms with Crippen molar-refractivity contribution in [3.8, 4) is 0 Å². The SMILES string of the molecule is CCNc1cc(NC2(C)CC2)nc(CC)n1. The molecule has 1 aromatic rings. The summed E-state index contributed by atoms with van der Waals surface area (Å²) in [4.78, 5) is 8.93. The third-order valence-electron chi connectivity index (χ3n) is 2.88. The monoisotopic (exact) mass is 220 g/mol. The molecule has 0 unspecified atom stereocenters. The van der Waals surface area contributed by atoms with Crippen LogP contribution in [-0.2, 0) is 6.42 Å². The smallest absolute Gasteiger partial charge is 0.132 e. The van der Waals surface area contributed by atoms with Gasteiger partial charge in [-0.1, -0.05) is 6.92 Å². The van der Waals surface area contributed by atoms with Gasteiger partial charge in [0.1, 0.15) is 17.5 Å². The summed E-state index contributed by atoms with van der Waals surface area (Å²) in [6.45, 7) is 7.27. The Morgan fingerprint density at radius 1 is 1.25 bits per heavy atom. The Balaban J connectivity index is 2.18. The summed E-state index contributed by atoms with van der Waals surface area (Å²) in [6.07, 6.45) is 3.33. The second kappa shape index (κ2) is 4.28. The zero-order chi connectivity index (χ0) is 11.6. The lowest BCUT2D eigenvalue weighted by molar-refractivity contribution is 0.811. The maximum absolute atomic E-state index is 4.50. The summed E-state index contributed by atoms with van der Waals surface area (Å²) in [5.74, 6) is 2.76. The highest BCUT2D eigenvalue weighted by Gasteiger charge is 2.37. The maximum Gasteiger partial charge on any atom is 0.132 e. The van der Waals surface area contributed by atoms with E-state index in [1.54, 1.807) is 0 Å². The number of aryl methyl sites for hydroxylation is 1. The molecule has 88 valence electrons. The van der Waals surface area contributed by atoms with Crippen molar-refractivity contribution in [1.82, 2.24) is 9.97 Å². The van der Waals surface area contributed by atoms with Gasteiger partial charge in [0.05, 0.1) is 0 Å². The minimum absolute atomic E-state index is 0.267. The quantitative estimate of drug-likeness (QED) is 0.800. The van der Waals surface area contributed by atoms with Crippen LogP contribution in [-0.4, -0.2) is 22.1 Å². The summed E-state index contributed by atoms with van der Waals surface area (Å²) in [6, 6.07) is 1.99. The Kier molecular flexibility index (Phi) is 2.99. The number of nitrogens with one attached hydrogen (secondary N) is 2. The third-order valence-corrected chi connectivity index (χ3v) is 2.88. The lowest BCUT2D eigenvalue weighted by Gasteiger charge is -2.14. The Labute approximate surface area is 96.9 Å². The highest BCUT2D eigenvalue weighted by Crippen LogP contribution is 2.37. The highest BCUT2D eigenvalue weighted by atomic mass is 15.1. The molecule has 1 aromatic heterocycles. The first kappa shape index (κ1) is 11.2. The van der Waals surface area contributed by atoms with Crippen LogP contribution < -0.4 is 10.6 Å². The van der Waals surface area contributed by atoms with E-state index >= 15 is 0 Å². The number of nitrogens with zero attached hydrogens (tertiary/aromatic N) is 2. The minimum atomic E-state index is 0.267. The molecule has 2 rings (SSSR count). The molecule has 1 heterocycles. The van der Waals surface area contributed by atoms with Crippen molar-refractivity contribution >= 4 is 11.6 Å². The first-order valence-electron chi connectivity index (χ1n) is 6.05. The Hall–Kier alpha value is -1.32. The van der Waals surface area contributed by atoms with E-state index in [1.807, 2.05) is 6.07 Å². The van der Waals surface area contributed by atoms with E-state index in [9.17, 15) is 0 Å². The molecule has 0 aromatic carbocycles. The fraction of sp³-hybridized carbons (Fsp3) is 0.667. The van der Waals surface area contributed by atoms with Gasteiger partial charge < -0.3 is 10.6 Å². The number of rotatable bonds is 5. The average molecular weight is 220 g/mol. The van der Waals surface area contributed by atoms with Crippen LogP contribution in [0.25, 0.3) is 0 Å². The summed E-state index contributed by atoms with van der Waals surface area (Å²) in [5, 5.41) is 6.71. The van der Waals surface area contributed by atoms with E-state index in [0.29, 0.717) is 0 Å². The summed E-state index contributed by atoms with van der Waals surface area (Å²) < 4.78 is 0. The third kappa shape index (κ3) is 2.62. The topological polar surface area (TPSA) is 49.8 Å². The molecule has 0 radical (unpaired) electrons. The summed E-state index contributed by atoms with van der Waals surface area (Å²) in [7, 11) is 0. The fourth-order valence-corrected chi connectivity index (χ4v) is 1.61. The van der Waals surface area contributed by atoms with Gasteiger partial charge in [-0.25, -0.2) is 9.97 Å². The summed E-state index contributed by atoms with van der Waals surface area (Å²) >= 11 is 0. The number of hydrogen-bond donors (Lipinski definition) is 2. The van der Waals surface area contributed by atoms with Crippen LogP contribution in [0.4, 0.5) is 11.6 Å². The molecule has 0 bridgehead atoms. The second-order valence-corrected chi connectivity index (χ2v) is 4.62. The van der Waals surface area contributed by atoms with Gasteiger partial charge in [0, 0.05) is 24.6 Å². The van der Waals surface area contributed by atoms with E-state index in [2.05, 4.69) is 41.4 Å². The zero-order valence-electron chi connectivity index (χ0n) is 10.3. The van der Waals surface area contributed by atoms with E-state index in [0.717, 1.165) is 30.4 Å². The Morgan fingerprint density at radius 2 is 1.94 bits per heavy atom. The molecule has 0 atom stereocenters. The van der Waals surface area contributed by atoms with Crippen LogP contribution in [0.5, 0.6) is 0 Å². The molecule has 0 spiro atoms. The standard InChI is InChI=1S/C12H20N4/c1-4-9-14-10(13-5-2)8-11(15-9)16-12(3)6-7-12/h8H,4-7H2,1-3H3,(H2,13,14,15,16). The molecule has 4 nitrogen and oxygen atoms in total. The lowest BCUT2D eigenvalue weighted by atomic mass is 10.3. The molecular weight excluding hydrogens is 200 g/mol. The van der Waals surface area contributed by atoms with Crippen LogP contribution in [0.3, 0.4) is 0 Å². The molecule has 1 saturated carbocycles. The first-order valence-corrected chi connectivity index (χ1v) is 6.05. The van der Waals surface area contributed by atoms with Gasteiger partial charge in [-0.05, 0) is 26.7 Å². The fourth-order valence-electron chi connectivity index (χ4n) is 1.61. The molecular formula is C12H20N4. The normalized spacial score (nSPS) is 16.9. The van der Waals surface area contributed by atoms with Crippen molar-refractivity contribution in [2.75, 3.05) is 17.2 Å². The van der Waals surface area contributed by atoms with Gasteiger partial charge in [0.25, 0.3) is 0 Å². The van der Waals surface area contributed by atoms with Crippen molar-refractivity contribution in [1.29, 1.82) is 0 Å². The maximum atomic E-state index is 4.50. The van der Waals surface area contributed by atoms with E-state index < -0.39 is 0 Å². The van der Waals surface area contributed by atoms with Crippen LogP contribution in [0.1, 0.15) is 39.4 Å². The molecule has 16 heavy (non-hydrogen) atoms. The van der Waals surface area contributed by atoms with Crippen molar-refractivity contribution in [2.24, 2.45) is 0 Å². The number of aromatic nitrogens is 2. The van der Waals surface area contributed by atoms with Gasteiger partial charge >= 0.3 is 0 Å². The Bertz CT molecular complexity index is 371. The summed E-state index contributed by atoms with van der Waals surface area (Å²) in [5.41, 5.74) is 0.267. The van der Waals surface area contributed by atoms with E-state index in [1.165, 1.54) is 12.8 Å². The van der Waals surface area contributed by atoms with Crippen molar-refractivity contribution < 1.29 is 0 Å². The minimum Gasteiger partial charge on any atom is -0.370 e. The second-order valence-electron chi connectivity index (χ2n) is 4.62. The van der Waals surface area contributed by atoms with Gasteiger partial charge in [-0.2, -0.15) is 0 Å². The van der Waals surface area contributed by atoms with Gasteiger partial charge in [0.2, 0.25) is 0 Å². The van der Waals surface area contributed by atoms with Crippen molar-refractivity contribution in [3.63, 3.8) is 0 Å².